The average Bonchev–Trinajstić information content (AvgIpc) is 2.58. The molecule has 94 valence electrons. The van der Waals surface area contributed by atoms with Crippen LogP contribution in [0.15, 0.2) is 24.3 Å². The molecule has 0 saturated carbocycles. The van der Waals surface area contributed by atoms with Gasteiger partial charge in [-0.2, -0.15) is 0 Å². The van der Waals surface area contributed by atoms with Gasteiger partial charge in [-0.3, -0.25) is 0 Å². The van der Waals surface area contributed by atoms with Gasteiger partial charge in [0.1, 0.15) is 5.82 Å². The van der Waals surface area contributed by atoms with Crippen molar-refractivity contribution in [1.29, 1.82) is 0 Å². The van der Waals surface area contributed by atoms with Gasteiger partial charge in [-0.05, 0) is 29.5 Å². The van der Waals surface area contributed by atoms with E-state index >= 15 is 0 Å². The fourth-order valence-corrected chi connectivity index (χ4v) is 2.49. The van der Waals surface area contributed by atoms with Crippen LogP contribution in [-0.4, -0.2) is 24.5 Å². The Labute approximate surface area is 103 Å². The summed E-state index contributed by atoms with van der Waals surface area (Å²) in [6, 6.07) is 6.49. The maximum atomic E-state index is 12.8. The average molecular weight is 236 g/mol. The predicted octanol–water partition coefficient (Wildman–Crippen LogP) is 2.41. The van der Waals surface area contributed by atoms with Crippen molar-refractivity contribution in [3.8, 4) is 0 Å². The minimum atomic E-state index is -0.204. The largest absolute Gasteiger partial charge is 0.323 e. The zero-order chi connectivity index (χ0) is 12.4. The van der Waals surface area contributed by atoms with Gasteiger partial charge in [0.25, 0.3) is 0 Å². The summed E-state index contributed by atoms with van der Waals surface area (Å²) in [5, 5.41) is 0. The van der Waals surface area contributed by atoms with E-state index in [4.69, 9.17) is 5.73 Å². The van der Waals surface area contributed by atoms with E-state index in [2.05, 4.69) is 18.7 Å². The molecule has 2 N–H and O–H groups in total. The highest BCUT2D eigenvalue weighted by molar-refractivity contribution is 5.19. The summed E-state index contributed by atoms with van der Waals surface area (Å²) in [4.78, 5) is 2.41. The first-order valence-corrected chi connectivity index (χ1v) is 6.29. The number of nitrogens with zero attached hydrogens (tertiary/aromatic N) is 1. The molecule has 0 amide bonds. The van der Waals surface area contributed by atoms with Crippen LogP contribution < -0.4 is 5.73 Å². The van der Waals surface area contributed by atoms with Crippen LogP contribution in [0.5, 0.6) is 0 Å². The Balaban J connectivity index is 1.93. The summed E-state index contributed by atoms with van der Waals surface area (Å²) in [6.45, 7) is 7.68. The van der Waals surface area contributed by atoms with E-state index in [9.17, 15) is 4.39 Å². The number of halogens is 1. The molecule has 1 heterocycles. The molecule has 1 saturated heterocycles. The van der Waals surface area contributed by atoms with Gasteiger partial charge in [0.05, 0.1) is 0 Å². The molecule has 2 nitrogen and oxygen atoms in total. The molecule has 3 atom stereocenters. The molecule has 1 aliphatic rings. The molecule has 0 aromatic heterocycles. The van der Waals surface area contributed by atoms with Crippen LogP contribution in [0.25, 0.3) is 0 Å². The lowest BCUT2D eigenvalue weighted by molar-refractivity contribution is 0.302. The zero-order valence-corrected chi connectivity index (χ0v) is 10.6. The van der Waals surface area contributed by atoms with Crippen molar-refractivity contribution in [2.24, 2.45) is 17.6 Å². The maximum Gasteiger partial charge on any atom is 0.123 e. The second-order valence-corrected chi connectivity index (χ2v) is 5.33. The lowest BCUT2D eigenvalue weighted by atomic mass is 10.0. The minimum absolute atomic E-state index is 0.0203. The molecule has 1 aliphatic heterocycles. The maximum absolute atomic E-state index is 12.8. The fourth-order valence-electron chi connectivity index (χ4n) is 2.49. The van der Waals surface area contributed by atoms with Crippen LogP contribution in [0, 0.1) is 17.7 Å². The molecule has 0 bridgehead atoms. The zero-order valence-electron chi connectivity index (χ0n) is 10.6. The summed E-state index contributed by atoms with van der Waals surface area (Å²) in [5.41, 5.74) is 7.16. The van der Waals surface area contributed by atoms with Crippen LogP contribution >= 0.6 is 0 Å². The first-order valence-electron chi connectivity index (χ1n) is 6.29. The van der Waals surface area contributed by atoms with Crippen LogP contribution in [0.4, 0.5) is 4.39 Å². The van der Waals surface area contributed by atoms with Gasteiger partial charge >= 0.3 is 0 Å². The molecule has 3 heteroatoms. The number of hydrogen-bond acceptors (Lipinski definition) is 2. The van der Waals surface area contributed by atoms with Gasteiger partial charge in [-0.25, -0.2) is 4.39 Å². The summed E-state index contributed by atoms with van der Waals surface area (Å²) in [7, 11) is 0. The summed E-state index contributed by atoms with van der Waals surface area (Å²) in [6.07, 6.45) is 0. The fraction of sp³-hybridized carbons (Fsp3) is 0.571. The Bertz CT molecular complexity index is 353. The predicted molar refractivity (Wildman–Crippen MR) is 68.1 cm³/mol. The monoisotopic (exact) mass is 236 g/mol. The van der Waals surface area contributed by atoms with Crippen LogP contribution in [0.1, 0.15) is 25.5 Å². The quantitative estimate of drug-likeness (QED) is 0.873. The topological polar surface area (TPSA) is 29.3 Å². The third-order valence-electron chi connectivity index (χ3n) is 3.82. The first-order chi connectivity index (χ1) is 8.06. The van der Waals surface area contributed by atoms with E-state index in [1.165, 1.54) is 12.1 Å². The Kier molecular flexibility index (Phi) is 3.79. The SMILES string of the molecule is CC1CN(CC(N)c2ccc(F)cc2)CC1C. The molecule has 1 aromatic rings. The van der Waals surface area contributed by atoms with Crippen LogP contribution in [0.2, 0.25) is 0 Å². The Morgan fingerprint density at radius 1 is 1.24 bits per heavy atom. The highest BCUT2D eigenvalue weighted by Crippen LogP contribution is 2.24. The van der Waals surface area contributed by atoms with E-state index in [1.807, 2.05) is 0 Å². The normalized spacial score (nSPS) is 27.3. The molecule has 1 aromatic carbocycles. The Hall–Kier alpha value is -0.930. The Morgan fingerprint density at radius 2 is 1.76 bits per heavy atom. The summed E-state index contributed by atoms with van der Waals surface area (Å²) in [5.74, 6) is 1.29. The van der Waals surface area contributed by atoms with Crippen molar-refractivity contribution in [3.63, 3.8) is 0 Å². The van der Waals surface area contributed by atoms with E-state index in [1.54, 1.807) is 12.1 Å². The van der Waals surface area contributed by atoms with E-state index in [0.717, 1.165) is 37.0 Å². The minimum Gasteiger partial charge on any atom is -0.323 e. The lowest BCUT2D eigenvalue weighted by Crippen LogP contribution is -2.30. The van der Waals surface area contributed by atoms with Gasteiger partial charge < -0.3 is 10.6 Å². The van der Waals surface area contributed by atoms with Crippen molar-refractivity contribution >= 4 is 0 Å². The summed E-state index contributed by atoms with van der Waals surface area (Å²) >= 11 is 0. The van der Waals surface area contributed by atoms with Crippen molar-refractivity contribution in [2.75, 3.05) is 19.6 Å². The third-order valence-corrected chi connectivity index (χ3v) is 3.82. The number of benzene rings is 1. The highest BCUT2D eigenvalue weighted by Gasteiger charge is 2.26. The van der Waals surface area contributed by atoms with Crippen LogP contribution in [-0.2, 0) is 0 Å². The third kappa shape index (κ3) is 3.05. The molecule has 3 unspecified atom stereocenters. The molecule has 17 heavy (non-hydrogen) atoms. The number of rotatable bonds is 3. The smallest absolute Gasteiger partial charge is 0.123 e. The molecular weight excluding hydrogens is 215 g/mol. The number of likely N-dealkylation sites (tertiary alicyclic amines) is 1. The highest BCUT2D eigenvalue weighted by atomic mass is 19.1. The van der Waals surface area contributed by atoms with Gasteiger partial charge in [0, 0.05) is 25.7 Å². The van der Waals surface area contributed by atoms with E-state index < -0.39 is 0 Å². The van der Waals surface area contributed by atoms with Gasteiger partial charge in [-0.15, -0.1) is 0 Å². The van der Waals surface area contributed by atoms with Gasteiger partial charge in [-0.1, -0.05) is 26.0 Å². The van der Waals surface area contributed by atoms with E-state index in [0.29, 0.717) is 0 Å². The lowest BCUT2D eigenvalue weighted by Gasteiger charge is -2.21. The first kappa shape index (κ1) is 12.5. The molecule has 1 fully saturated rings. The number of nitrogens with two attached hydrogens (primary N) is 1. The molecule has 0 aliphatic carbocycles. The van der Waals surface area contributed by atoms with Crippen molar-refractivity contribution in [2.45, 2.75) is 19.9 Å². The van der Waals surface area contributed by atoms with Gasteiger partial charge in [0.2, 0.25) is 0 Å². The van der Waals surface area contributed by atoms with Crippen molar-refractivity contribution in [1.82, 2.24) is 4.90 Å². The van der Waals surface area contributed by atoms with E-state index in [-0.39, 0.29) is 11.9 Å². The molecule has 0 radical (unpaired) electrons. The number of hydrogen-bond donors (Lipinski definition) is 1. The molecular formula is C14H21FN2. The second-order valence-electron chi connectivity index (χ2n) is 5.33. The van der Waals surface area contributed by atoms with Gasteiger partial charge in [0.15, 0.2) is 0 Å². The molecule has 0 spiro atoms. The summed E-state index contributed by atoms with van der Waals surface area (Å²) < 4.78 is 12.8. The second kappa shape index (κ2) is 5.15. The van der Waals surface area contributed by atoms with Crippen molar-refractivity contribution in [3.05, 3.63) is 35.6 Å². The standard InChI is InChI=1S/C14H21FN2/c1-10-7-17(8-11(10)2)9-14(16)12-3-5-13(15)6-4-12/h3-6,10-11,14H,7-9,16H2,1-2H3. The van der Waals surface area contributed by atoms with Crippen molar-refractivity contribution < 1.29 is 4.39 Å². The molecule has 2 rings (SSSR count). The van der Waals surface area contributed by atoms with Crippen LogP contribution in [0.3, 0.4) is 0 Å². The Morgan fingerprint density at radius 3 is 2.29 bits per heavy atom.